The minimum absolute atomic E-state index is 0.115. The number of nitrogen functional groups attached to an aromatic ring is 1. The molecule has 0 unspecified atom stereocenters. The van der Waals surface area contributed by atoms with Crippen LogP contribution in [0.5, 0.6) is 5.75 Å². The van der Waals surface area contributed by atoms with E-state index in [0.29, 0.717) is 18.8 Å². The first kappa shape index (κ1) is 14.0. The second kappa shape index (κ2) is 6.58. The van der Waals surface area contributed by atoms with Gasteiger partial charge in [-0.3, -0.25) is 0 Å². The van der Waals surface area contributed by atoms with Crippen molar-refractivity contribution in [3.05, 3.63) is 18.2 Å². The van der Waals surface area contributed by atoms with E-state index in [-0.39, 0.29) is 6.03 Å². The maximum atomic E-state index is 11.3. The summed E-state index contributed by atoms with van der Waals surface area (Å²) in [5.41, 5.74) is 7.27. The summed E-state index contributed by atoms with van der Waals surface area (Å²) in [7, 11) is 5.00. The highest BCUT2D eigenvalue weighted by Crippen LogP contribution is 2.23. The molecule has 6 nitrogen and oxygen atoms in total. The average Bonchev–Trinajstić information content (AvgIpc) is 2.36. The fraction of sp³-hybridized carbons (Fsp3) is 0.417. The smallest absolute Gasteiger partial charge is 0.316 e. The molecule has 1 rings (SSSR count). The summed E-state index contributed by atoms with van der Waals surface area (Å²) < 4.78 is 5.11. The van der Waals surface area contributed by atoms with Crippen LogP contribution in [0.15, 0.2) is 18.2 Å². The van der Waals surface area contributed by atoms with Crippen LogP contribution in [-0.4, -0.2) is 45.2 Å². The molecule has 2 amide bonds. The quantitative estimate of drug-likeness (QED) is 0.538. The molecular weight excluding hydrogens is 232 g/mol. The van der Waals surface area contributed by atoms with E-state index in [1.807, 2.05) is 6.07 Å². The highest BCUT2D eigenvalue weighted by Gasteiger charge is 2.03. The minimum Gasteiger partial charge on any atom is -0.497 e. The number of carbonyl (C=O) groups excluding carboxylic acids is 1. The lowest BCUT2D eigenvalue weighted by Crippen LogP contribution is -2.37. The molecule has 1 aromatic carbocycles. The van der Waals surface area contributed by atoms with Crippen molar-refractivity contribution in [1.82, 2.24) is 10.2 Å². The van der Waals surface area contributed by atoms with Gasteiger partial charge in [-0.25, -0.2) is 4.79 Å². The molecule has 0 heterocycles. The molecule has 100 valence electrons. The third-order valence-electron chi connectivity index (χ3n) is 2.38. The van der Waals surface area contributed by atoms with Gasteiger partial charge in [-0.15, -0.1) is 0 Å². The molecule has 1 aromatic rings. The van der Waals surface area contributed by atoms with Crippen LogP contribution >= 0.6 is 0 Å². The van der Waals surface area contributed by atoms with E-state index in [4.69, 9.17) is 10.5 Å². The summed E-state index contributed by atoms with van der Waals surface area (Å²) in [4.78, 5) is 12.7. The Morgan fingerprint density at radius 1 is 1.39 bits per heavy atom. The number of urea groups is 1. The lowest BCUT2D eigenvalue weighted by atomic mass is 10.2. The van der Waals surface area contributed by atoms with Gasteiger partial charge in [0, 0.05) is 33.3 Å². The number of nitrogens with two attached hydrogens (primary N) is 1. The summed E-state index contributed by atoms with van der Waals surface area (Å²) in [6.45, 7) is 1.12. The zero-order chi connectivity index (χ0) is 13.5. The molecule has 0 bridgehead atoms. The molecule has 0 aliphatic rings. The monoisotopic (exact) mass is 252 g/mol. The summed E-state index contributed by atoms with van der Waals surface area (Å²) in [6.07, 6.45) is 0. The molecule has 0 aliphatic heterocycles. The zero-order valence-electron chi connectivity index (χ0n) is 11.0. The molecule has 0 aliphatic carbocycles. The second-order valence-corrected chi connectivity index (χ2v) is 4.01. The van der Waals surface area contributed by atoms with Crippen LogP contribution in [0.3, 0.4) is 0 Å². The highest BCUT2D eigenvalue weighted by atomic mass is 16.5. The first-order valence-electron chi connectivity index (χ1n) is 5.67. The Morgan fingerprint density at radius 2 is 2.11 bits per heavy atom. The van der Waals surface area contributed by atoms with Crippen molar-refractivity contribution in [3.8, 4) is 5.75 Å². The molecule has 0 saturated carbocycles. The predicted molar refractivity (Wildman–Crippen MR) is 73.0 cm³/mol. The van der Waals surface area contributed by atoms with Crippen molar-refractivity contribution in [2.75, 3.05) is 45.3 Å². The number of ether oxygens (including phenoxy) is 1. The molecule has 0 spiro atoms. The number of rotatable bonds is 5. The van der Waals surface area contributed by atoms with Crippen molar-refractivity contribution < 1.29 is 9.53 Å². The van der Waals surface area contributed by atoms with Gasteiger partial charge in [0.1, 0.15) is 5.75 Å². The Hall–Kier alpha value is -2.11. The van der Waals surface area contributed by atoms with Gasteiger partial charge in [0.2, 0.25) is 0 Å². The molecule has 0 atom stereocenters. The second-order valence-electron chi connectivity index (χ2n) is 4.01. The van der Waals surface area contributed by atoms with Gasteiger partial charge in [-0.2, -0.15) is 0 Å². The third kappa shape index (κ3) is 4.04. The Bertz CT molecular complexity index is 407. The number of methoxy groups -OCH3 is 1. The van der Waals surface area contributed by atoms with Gasteiger partial charge in [-0.1, -0.05) is 0 Å². The number of hydrogen-bond acceptors (Lipinski definition) is 4. The number of benzene rings is 1. The van der Waals surface area contributed by atoms with Crippen LogP contribution in [0.1, 0.15) is 0 Å². The third-order valence-corrected chi connectivity index (χ3v) is 2.38. The maximum Gasteiger partial charge on any atom is 0.316 e. The number of anilines is 2. The van der Waals surface area contributed by atoms with Crippen LogP contribution in [0, 0.1) is 0 Å². The largest absolute Gasteiger partial charge is 0.497 e. The van der Waals surface area contributed by atoms with E-state index in [1.165, 1.54) is 4.90 Å². The normalized spacial score (nSPS) is 9.72. The topological polar surface area (TPSA) is 79.6 Å². The van der Waals surface area contributed by atoms with Gasteiger partial charge < -0.3 is 26.0 Å². The first-order valence-corrected chi connectivity index (χ1v) is 5.67. The fourth-order valence-electron chi connectivity index (χ4n) is 1.34. The van der Waals surface area contributed by atoms with Gasteiger partial charge in [0.15, 0.2) is 0 Å². The standard InChI is InChI=1S/C12H20N4O2/c1-16(2)12(17)15-7-6-14-11-8-9(18-3)4-5-10(11)13/h4-5,8,14H,6-7,13H2,1-3H3,(H,15,17). The van der Waals surface area contributed by atoms with Crippen LogP contribution < -0.4 is 21.1 Å². The predicted octanol–water partition coefficient (Wildman–Crippen LogP) is 0.960. The first-order chi connectivity index (χ1) is 8.54. The van der Waals surface area contributed by atoms with E-state index < -0.39 is 0 Å². The van der Waals surface area contributed by atoms with Gasteiger partial charge >= 0.3 is 6.03 Å². The van der Waals surface area contributed by atoms with Crippen molar-refractivity contribution in [2.45, 2.75) is 0 Å². The summed E-state index contributed by atoms with van der Waals surface area (Å²) in [5, 5.41) is 5.90. The van der Waals surface area contributed by atoms with Crippen molar-refractivity contribution in [2.24, 2.45) is 0 Å². The van der Waals surface area contributed by atoms with Crippen LogP contribution in [0.25, 0.3) is 0 Å². The lowest BCUT2D eigenvalue weighted by molar-refractivity contribution is 0.218. The van der Waals surface area contributed by atoms with E-state index >= 15 is 0 Å². The molecule has 0 fully saturated rings. The minimum atomic E-state index is -0.115. The Labute approximate surface area is 107 Å². The molecule has 0 radical (unpaired) electrons. The van der Waals surface area contributed by atoms with Gasteiger partial charge in [0.25, 0.3) is 0 Å². The number of amides is 2. The number of carbonyl (C=O) groups is 1. The Balaban J connectivity index is 2.41. The summed E-state index contributed by atoms with van der Waals surface area (Å²) >= 11 is 0. The lowest BCUT2D eigenvalue weighted by Gasteiger charge is -2.14. The number of nitrogens with one attached hydrogen (secondary N) is 2. The SMILES string of the molecule is COc1ccc(N)c(NCCNC(=O)N(C)C)c1. The molecule has 0 saturated heterocycles. The maximum absolute atomic E-state index is 11.3. The van der Waals surface area contributed by atoms with Crippen LogP contribution in [-0.2, 0) is 0 Å². The number of hydrogen-bond donors (Lipinski definition) is 3. The molecule has 0 aromatic heterocycles. The Morgan fingerprint density at radius 3 is 2.72 bits per heavy atom. The van der Waals surface area contributed by atoms with Crippen molar-refractivity contribution in [1.29, 1.82) is 0 Å². The van der Waals surface area contributed by atoms with Crippen LogP contribution in [0.4, 0.5) is 16.2 Å². The van der Waals surface area contributed by atoms with E-state index in [1.54, 1.807) is 33.3 Å². The molecule has 18 heavy (non-hydrogen) atoms. The Kier molecular flexibility index (Phi) is 5.10. The zero-order valence-corrected chi connectivity index (χ0v) is 11.0. The van der Waals surface area contributed by atoms with Crippen molar-refractivity contribution in [3.63, 3.8) is 0 Å². The fourth-order valence-corrected chi connectivity index (χ4v) is 1.34. The summed E-state index contributed by atoms with van der Waals surface area (Å²) in [6, 6.07) is 5.28. The van der Waals surface area contributed by atoms with Crippen molar-refractivity contribution >= 4 is 17.4 Å². The molecular formula is C12H20N4O2. The highest BCUT2D eigenvalue weighted by molar-refractivity contribution is 5.73. The average molecular weight is 252 g/mol. The van der Waals surface area contributed by atoms with Gasteiger partial charge in [0.05, 0.1) is 18.5 Å². The molecule has 6 heteroatoms. The molecule has 4 N–H and O–H groups in total. The summed E-state index contributed by atoms with van der Waals surface area (Å²) in [5.74, 6) is 0.740. The van der Waals surface area contributed by atoms with E-state index in [0.717, 1.165) is 11.4 Å². The van der Waals surface area contributed by atoms with E-state index in [9.17, 15) is 4.79 Å². The van der Waals surface area contributed by atoms with E-state index in [2.05, 4.69) is 10.6 Å². The van der Waals surface area contributed by atoms with Gasteiger partial charge in [-0.05, 0) is 12.1 Å². The number of nitrogens with zero attached hydrogens (tertiary/aromatic N) is 1. The van der Waals surface area contributed by atoms with Crippen LogP contribution in [0.2, 0.25) is 0 Å².